The van der Waals surface area contributed by atoms with Crippen molar-refractivity contribution < 1.29 is 19.2 Å². The lowest BCUT2D eigenvalue weighted by molar-refractivity contribution is -0.137. The highest BCUT2D eigenvalue weighted by molar-refractivity contribution is 7.99. The molecule has 0 saturated carbocycles. The zero-order chi connectivity index (χ0) is 15.1. The van der Waals surface area contributed by atoms with Crippen molar-refractivity contribution in [2.24, 2.45) is 0 Å². The molecule has 1 heterocycles. The van der Waals surface area contributed by atoms with Gasteiger partial charge >= 0.3 is 5.97 Å². The minimum absolute atomic E-state index is 0.0632. The molecule has 0 aliphatic rings. The van der Waals surface area contributed by atoms with Gasteiger partial charge in [-0.25, -0.2) is 0 Å². The molecule has 6 nitrogen and oxygen atoms in total. The standard InChI is InChI=1S/C13H20N2O4S/c1-8(4-5-13(17)18)14-12(16)7-20-6-11-9(2)15-19-10(11)3/h8H,4-7H2,1-3H3,(H,14,16)(H,17,18). The molecule has 20 heavy (non-hydrogen) atoms. The summed E-state index contributed by atoms with van der Waals surface area (Å²) >= 11 is 1.49. The van der Waals surface area contributed by atoms with E-state index in [0.29, 0.717) is 17.9 Å². The van der Waals surface area contributed by atoms with Crippen molar-refractivity contribution in [1.82, 2.24) is 10.5 Å². The number of carboxylic acid groups (broad SMARTS) is 1. The summed E-state index contributed by atoms with van der Waals surface area (Å²) in [4.78, 5) is 22.1. The minimum atomic E-state index is -0.848. The first-order valence-corrected chi connectivity index (χ1v) is 7.56. The maximum atomic E-state index is 11.7. The van der Waals surface area contributed by atoms with E-state index < -0.39 is 5.97 Å². The molecule has 2 N–H and O–H groups in total. The van der Waals surface area contributed by atoms with Crippen LogP contribution in [0, 0.1) is 13.8 Å². The van der Waals surface area contributed by atoms with E-state index in [0.717, 1.165) is 17.0 Å². The van der Waals surface area contributed by atoms with Gasteiger partial charge in [0, 0.05) is 23.8 Å². The lowest BCUT2D eigenvalue weighted by Crippen LogP contribution is -2.34. The predicted octanol–water partition coefficient (Wildman–Crippen LogP) is 1.89. The number of thioether (sulfide) groups is 1. The maximum Gasteiger partial charge on any atom is 0.303 e. The number of hydrogen-bond acceptors (Lipinski definition) is 5. The normalized spacial score (nSPS) is 12.2. The molecule has 1 atom stereocenters. The van der Waals surface area contributed by atoms with Crippen molar-refractivity contribution in [3.05, 3.63) is 17.0 Å². The molecule has 0 aromatic carbocycles. The zero-order valence-corrected chi connectivity index (χ0v) is 12.7. The fraction of sp³-hybridized carbons (Fsp3) is 0.615. The van der Waals surface area contributed by atoms with Gasteiger partial charge < -0.3 is 14.9 Å². The Kier molecular flexibility index (Phi) is 6.57. The molecule has 1 aromatic rings. The summed E-state index contributed by atoms with van der Waals surface area (Å²) < 4.78 is 5.05. The summed E-state index contributed by atoms with van der Waals surface area (Å²) in [6.45, 7) is 5.53. The first-order chi connectivity index (χ1) is 9.40. The molecule has 1 rings (SSSR count). The summed E-state index contributed by atoms with van der Waals surface area (Å²) in [7, 11) is 0. The Morgan fingerprint density at radius 1 is 1.45 bits per heavy atom. The van der Waals surface area contributed by atoms with Crippen LogP contribution in [0.25, 0.3) is 0 Å². The Hall–Kier alpha value is -1.50. The van der Waals surface area contributed by atoms with Crippen LogP contribution in [0.2, 0.25) is 0 Å². The summed E-state index contributed by atoms with van der Waals surface area (Å²) in [6.07, 6.45) is 0.503. The third-order valence-electron chi connectivity index (χ3n) is 2.86. The van der Waals surface area contributed by atoms with E-state index >= 15 is 0 Å². The van der Waals surface area contributed by atoms with Crippen molar-refractivity contribution in [1.29, 1.82) is 0 Å². The summed E-state index contributed by atoms with van der Waals surface area (Å²) in [5, 5.41) is 15.2. The van der Waals surface area contributed by atoms with Crippen LogP contribution in [0.1, 0.15) is 36.8 Å². The van der Waals surface area contributed by atoms with Crippen molar-refractivity contribution >= 4 is 23.6 Å². The molecule has 1 amide bonds. The second-order valence-corrected chi connectivity index (χ2v) is 5.68. The largest absolute Gasteiger partial charge is 0.481 e. The number of carbonyl (C=O) groups is 2. The predicted molar refractivity (Wildman–Crippen MR) is 76.6 cm³/mol. The van der Waals surface area contributed by atoms with Gasteiger partial charge in [0.2, 0.25) is 5.91 Å². The smallest absolute Gasteiger partial charge is 0.303 e. The number of nitrogens with one attached hydrogen (secondary N) is 1. The molecule has 1 aromatic heterocycles. The highest BCUT2D eigenvalue weighted by Gasteiger charge is 2.12. The van der Waals surface area contributed by atoms with Crippen LogP contribution >= 0.6 is 11.8 Å². The fourth-order valence-corrected chi connectivity index (χ4v) is 2.67. The van der Waals surface area contributed by atoms with Crippen LogP contribution in [0.15, 0.2) is 4.52 Å². The number of amides is 1. The SMILES string of the molecule is Cc1noc(C)c1CSCC(=O)NC(C)CCC(=O)O. The molecule has 7 heteroatoms. The monoisotopic (exact) mass is 300 g/mol. The number of rotatable bonds is 8. The van der Waals surface area contributed by atoms with Crippen LogP contribution in [-0.4, -0.2) is 33.9 Å². The molecule has 0 bridgehead atoms. The molecule has 0 spiro atoms. The number of carbonyl (C=O) groups excluding carboxylic acids is 1. The van der Waals surface area contributed by atoms with Crippen LogP contribution in [-0.2, 0) is 15.3 Å². The van der Waals surface area contributed by atoms with Gasteiger partial charge in [-0.15, -0.1) is 11.8 Å². The molecule has 0 aliphatic carbocycles. The Morgan fingerprint density at radius 2 is 2.15 bits per heavy atom. The average Bonchev–Trinajstić information content (AvgIpc) is 2.68. The van der Waals surface area contributed by atoms with Crippen LogP contribution < -0.4 is 5.32 Å². The second-order valence-electron chi connectivity index (χ2n) is 4.70. The summed E-state index contributed by atoms with van der Waals surface area (Å²) in [6, 6.07) is -0.127. The van der Waals surface area contributed by atoms with Crippen molar-refractivity contribution in [3.8, 4) is 0 Å². The van der Waals surface area contributed by atoms with E-state index in [-0.39, 0.29) is 18.4 Å². The van der Waals surface area contributed by atoms with E-state index in [1.54, 1.807) is 6.92 Å². The van der Waals surface area contributed by atoms with Gasteiger partial charge in [0.1, 0.15) is 5.76 Å². The van der Waals surface area contributed by atoms with Gasteiger partial charge in [-0.2, -0.15) is 0 Å². The van der Waals surface area contributed by atoms with E-state index in [2.05, 4.69) is 10.5 Å². The van der Waals surface area contributed by atoms with Crippen LogP contribution in [0.3, 0.4) is 0 Å². The number of aryl methyl sites for hydroxylation is 2. The fourth-order valence-electron chi connectivity index (χ4n) is 1.68. The van der Waals surface area contributed by atoms with Gasteiger partial charge in [-0.1, -0.05) is 5.16 Å². The van der Waals surface area contributed by atoms with E-state index in [1.165, 1.54) is 11.8 Å². The van der Waals surface area contributed by atoms with Crippen molar-refractivity contribution in [2.45, 2.75) is 45.4 Å². The number of carboxylic acids is 1. The first-order valence-electron chi connectivity index (χ1n) is 6.40. The Labute approximate surface area is 122 Å². The number of hydrogen-bond donors (Lipinski definition) is 2. The van der Waals surface area contributed by atoms with Crippen molar-refractivity contribution in [2.75, 3.05) is 5.75 Å². The van der Waals surface area contributed by atoms with Crippen molar-refractivity contribution in [3.63, 3.8) is 0 Å². The van der Waals surface area contributed by atoms with Gasteiger partial charge in [0.15, 0.2) is 0 Å². The van der Waals surface area contributed by atoms with Gasteiger partial charge in [-0.3, -0.25) is 9.59 Å². The van der Waals surface area contributed by atoms with E-state index in [4.69, 9.17) is 9.63 Å². The third-order valence-corrected chi connectivity index (χ3v) is 3.82. The molecule has 0 fully saturated rings. The van der Waals surface area contributed by atoms with E-state index in [1.807, 2.05) is 13.8 Å². The molecule has 0 radical (unpaired) electrons. The average molecular weight is 300 g/mol. The topological polar surface area (TPSA) is 92.4 Å². The Bertz CT molecular complexity index is 453. The van der Waals surface area contributed by atoms with Gasteiger partial charge in [-0.05, 0) is 27.2 Å². The molecular weight excluding hydrogens is 280 g/mol. The van der Waals surface area contributed by atoms with Gasteiger partial charge in [0.05, 0.1) is 11.4 Å². The lowest BCUT2D eigenvalue weighted by Gasteiger charge is -2.12. The molecule has 0 saturated heterocycles. The zero-order valence-electron chi connectivity index (χ0n) is 11.9. The number of nitrogens with zero attached hydrogens (tertiary/aromatic N) is 1. The lowest BCUT2D eigenvalue weighted by atomic mass is 10.2. The van der Waals surface area contributed by atoms with Crippen LogP contribution in [0.5, 0.6) is 0 Å². The Balaban J connectivity index is 2.25. The highest BCUT2D eigenvalue weighted by Crippen LogP contribution is 2.19. The molecule has 1 unspecified atom stereocenters. The molecule has 0 aliphatic heterocycles. The quantitative estimate of drug-likeness (QED) is 0.761. The number of aliphatic carboxylic acids is 1. The summed E-state index contributed by atoms with van der Waals surface area (Å²) in [5.41, 5.74) is 1.88. The molecular formula is C13H20N2O4S. The Morgan fingerprint density at radius 3 is 2.70 bits per heavy atom. The third kappa shape index (κ3) is 5.64. The van der Waals surface area contributed by atoms with Gasteiger partial charge in [0.25, 0.3) is 0 Å². The molecule has 112 valence electrons. The van der Waals surface area contributed by atoms with Crippen LogP contribution in [0.4, 0.5) is 0 Å². The summed E-state index contributed by atoms with van der Waals surface area (Å²) in [5.74, 6) is 0.864. The minimum Gasteiger partial charge on any atom is -0.481 e. The van der Waals surface area contributed by atoms with E-state index in [9.17, 15) is 9.59 Å². The second kappa shape index (κ2) is 7.94. The maximum absolute atomic E-state index is 11.7. The highest BCUT2D eigenvalue weighted by atomic mass is 32.2. The number of aromatic nitrogens is 1. The first kappa shape index (κ1) is 16.6.